The zero-order valence-electron chi connectivity index (χ0n) is 23.0. The number of nitrogens with zero attached hydrogens (tertiary/aromatic N) is 1. The van der Waals surface area contributed by atoms with Crippen molar-refractivity contribution in [3.8, 4) is 0 Å². The summed E-state index contributed by atoms with van der Waals surface area (Å²) in [6.45, 7) is 4.49. The second-order valence-corrected chi connectivity index (χ2v) is 12.6. The number of rotatable bonds is 13. The van der Waals surface area contributed by atoms with E-state index in [9.17, 15) is 23.4 Å². The van der Waals surface area contributed by atoms with E-state index in [4.69, 9.17) is 14.2 Å². The van der Waals surface area contributed by atoms with Gasteiger partial charge in [0.05, 0.1) is 42.8 Å². The highest BCUT2D eigenvalue weighted by molar-refractivity contribution is 7.89. The number of amides is 1. The number of aliphatic hydroxyl groups excluding tert-OH is 2. The van der Waals surface area contributed by atoms with Gasteiger partial charge in [-0.3, -0.25) is 0 Å². The number of hydrogen-bond acceptors (Lipinski definition) is 8. The minimum absolute atomic E-state index is 0.0309. The Morgan fingerprint density at radius 1 is 1.10 bits per heavy atom. The Labute approximate surface area is 236 Å². The molecule has 6 atom stereocenters. The van der Waals surface area contributed by atoms with Crippen LogP contribution in [0.3, 0.4) is 0 Å². The molecule has 40 heavy (non-hydrogen) atoms. The molecule has 0 saturated carbocycles. The van der Waals surface area contributed by atoms with Gasteiger partial charge < -0.3 is 29.7 Å². The average molecular weight is 577 g/mol. The van der Waals surface area contributed by atoms with Crippen LogP contribution in [-0.2, 0) is 37.3 Å². The van der Waals surface area contributed by atoms with Gasteiger partial charge in [-0.05, 0) is 42.0 Å². The standard InChI is InChI=1S/C29H40N2O8S/c1-3-20(2)16-31(40(35,36)23-11-9-22(18-32)10-12-23)17-26(33)25(15-21-7-5-4-6-8-21)30-29(34)39-27-19-38-28-24(27)13-14-37-28/h4-12,20,24-28,32-33H,3,13-19H2,1-2H3,(H,30,34)/t20-,24-,25-,26+,27-,28+/m0/s1. The Kier molecular flexibility index (Phi) is 10.6. The van der Waals surface area contributed by atoms with Crippen molar-refractivity contribution >= 4 is 16.1 Å². The highest BCUT2D eigenvalue weighted by Gasteiger charge is 2.44. The summed E-state index contributed by atoms with van der Waals surface area (Å²) in [4.78, 5) is 13.1. The van der Waals surface area contributed by atoms with E-state index in [0.29, 0.717) is 12.2 Å². The van der Waals surface area contributed by atoms with Gasteiger partial charge in [0.25, 0.3) is 0 Å². The Morgan fingerprint density at radius 3 is 2.50 bits per heavy atom. The number of alkyl carbamates (subject to hydrolysis) is 1. The lowest BCUT2D eigenvalue weighted by Crippen LogP contribution is -2.51. The zero-order valence-corrected chi connectivity index (χ0v) is 23.8. The van der Waals surface area contributed by atoms with E-state index in [2.05, 4.69) is 5.32 Å². The molecule has 10 nitrogen and oxygen atoms in total. The Hall–Kier alpha value is -2.54. The van der Waals surface area contributed by atoms with Crippen molar-refractivity contribution < 1.29 is 37.6 Å². The van der Waals surface area contributed by atoms with Gasteiger partial charge in [0.15, 0.2) is 6.29 Å². The van der Waals surface area contributed by atoms with Crippen molar-refractivity contribution in [2.24, 2.45) is 11.8 Å². The highest BCUT2D eigenvalue weighted by atomic mass is 32.2. The van der Waals surface area contributed by atoms with E-state index in [1.165, 1.54) is 16.4 Å². The largest absolute Gasteiger partial charge is 0.443 e. The van der Waals surface area contributed by atoms with E-state index >= 15 is 0 Å². The molecule has 0 aromatic heterocycles. The van der Waals surface area contributed by atoms with Crippen LogP contribution in [0.4, 0.5) is 4.79 Å². The van der Waals surface area contributed by atoms with Crippen molar-refractivity contribution in [2.45, 2.75) is 69.2 Å². The molecule has 0 aliphatic carbocycles. The summed E-state index contributed by atoms with van der Waals surface area (Å²) in [6.07, 6.45) is -0.988. The Balaban J connectivity index is 1.52. The molecule has 2 heterocycles. The number of sulfonamides is 1. The summed E-state index contributed by atoms with van der Waals surface area (Å²) >= 11 is 0. The summed E-state index contributed by atoms with van der Waals surface area (Å²) in [5.41, 5.74) is 1.47. The number of fused-ring (bicyclic) bond motifs is 1. The third-order valence-electron chi connectivity index (χ3n) is 7.66. The van der Waals surface area contributed by atoms with Gasteiger partial charge in [-0.2, -0.15) is 4.31 Å². The summed E-state index contributed by atoms with van der Waals surface area (Å²) in [5.74, 6) is 0.00441. The lowest BCUT2D eigenvalue weighted by atomic mass is 10.0. The first-order valence-corrected chi connectivity index (χ1v) is 15.3. The molecule has 3 N–H and O–H groups in total. The van der Waals surface area contributed by atoms with E-state index in [1.54, 1.807) is 12.1 Å². The van der Waals surface area contributed by atoms with Crippen LogP contribution in [0.2, 0.25) is 0 Å². The molecular formula is C29H40N2O8S. The number of carbonyl (C=O) groups is 1. The predicted molar refractivity (Wildman–Crippen MR) is 148 cm³/mol. The number of hydrogen-bond donors (Lipinski definition) is 3. The summed E-state index contributed by atoms with van der Waals surface area (Å²) in [7, 11) is -3.97. The van der Waals surface area contributed by atoms with Crippen molar-refractivity contribution in [3.05, 3.63) is 65.7 Å². The fourth-order valence-corrected chi connectivity index (χ4v) is 6.60. The molecule has 2 aliphatic rings. The fraction of sp³-hybridized carbons (Fsp3) is 0.552. The van der Waals surface area contributed by atoms with Gasteiger partial charge in [0.1, 0.15) is 6.10 Å². The van der Waals surface area contributed by atoms with Gasteiger partial charge in [0, 0.05) is 13.1 Å². The molecule has 4 rings (SSSR count). The molecule has 2 saturated heterocycles. The van der Waals surface area contributed by atoms with Gasteiger partial charge in [0.2, 0.25) is 10.0 Å². The maximum absolute atomic E-state index is 13.7. The number of aliphatic hydroxyl groups is 2. The minimum atomic E-state index is -3.97. The van der Waals surface area contributed by atoms with Crippen molar-refractivity contribution in [1.82, 2.24) is 9.62 Å². The molecule has 0 radical (unpaired) electrons. The van der Waals surface area contributed by atoms with E-state index in [0.717, 1.165) is 18.4 Å². The van der Waals surface area contributed by atoms with E-state index in [-0.39, 0.29) is 55.7 Å². The molecule has 0 bridgehead atoms. The van der Waals surface area contributed by atoms with Crippen molar-refractivity contribution in [2.75, 3.05) is 26.3 Å². The van der Waals surface area contributed by atoms with Crippen LogP contribution in [0.15, 0.2) is 59.5 Å². The van der Waals surface area contributed by atoms with Crippen molar-refractivity contribution in [1.29, 1.82) is 0 Å². The van der Waals surface area contributed by atoms with Crippen LogP contribution in [0.25, 0.3) is 0 Å². The first-order valence-electron chi connectivity index (χ1n) is 13.8. The molecule has 1 amide bonds. The molecular weight excluding hydrogens is 536 g/mol. The number of ether oxygens (including phenoxy) is 3. The molecule has 2 fully saturated rings. The third-order valence-corrected chi connectivity index (χ3v) is 9.50. The fourth-order valence-electron chi connectivity index (χ4n) is 5.02. The van der Waals surface area contributed by atoms with Crippen LogP contribution < -0.4 is 5.32 Å². The molecule has 0 unspecified atom stereocenters. The van der Waals surface area contributed by atoms with Gasteiger partial charge in [-0.1, -0.05) is 62.7 Å². The smallest absolute Gasteiger partial charge is 0.407 e. The number of nitrogens with one attached hydrogen (secondary N) is 1. The molecule has 2 aromatic carbocycles. The van der Waals surface area contributed by atoms with Crippen LogP contribution >= 0.6 is 0 Å². The topological polar surface area (TPSA) is 135 Å². The normalized spacial score (nSPS) is 23.0. The Bertz CT molecular complexity index is 1190. The summed E-state index contributed by atoms with van der Waals surface area (Å²) < 4.78 is 45.4. The second kappa shape index (κ2) is 13.9. The van der Waals surface area contributed by atoms with Crippen molar-refractivity contribution in [3.63, 3.8) is 0 Å². The van der Waals surface area contributed by atoms with Gasteiger partial charge in [-0.15, -0.1) is 0 Å². The van der Waals surface area contributed by atoms with Gasteiger partial charge >= 0.3 is 6.09 Å². The predicted octanol–water partition coefficient (Wildman–Crippen LogP) is 2.68. The average Bonchev–Trinajstić information content (AvgIpc) is 3.58. The third kappa shape index (κ3) is 7.59. The molecule has 220 valence electrons. The van der Waals surface area contributed by atoms with E-state index in [1.807, 2.05) is 44.2 Å². The van der Waals surface area contributed by atoms with Crippen LogP contribution in [0.5, 0.6) is 0 Å². The van der Waals surface area contributed by atoms with E-state index < -0.39 is 34.4 Å². The molecule has 11 heteroatoms. The monoisotopic (exact) mass is 576 g/mol. The lowest BCUT2D eigenvalue weighted by Gasteiger charge is -2.31. The first-order chi connectivity index (χ1) is 19.2. The molecule has 2 aromatic rings. The summed E-state index contributed by atoms with van der Waals surface area (Å²) in [6, 6.07) is 14.6. The minimum Gasteiger partial charge on any atom is -0.443 e. The summed E-state index contributed by atoms with van der Waals surface area (Å²) in [5, 5.41) is 23.6. The van der Waals surface area contributed by atoms with Crippen LogP contribution in [0, 0.1) is 11.8 Å². The Morgan fingerprint density at radius 2 is 1.82 bits per heavy atom. The van der Waals surface area contributed by atoms with Crippen LogP contribution in [0.1, 0.15) is 37.8 Å². The maximum atomic E-state index is 13.7. The maximum Gasteiger partial charge on any atom is 0.407 e. The second-order valence-electron chi connectivity index (χ2n) is 10.6. The number of benzene rings is 2. The quantitative estimate of drug-likeness (QED) is 0.331. The molecule has 2 aliphatic heterocycles. The number of carbonyl (C=O) groups excluding carboxylic acids is 1. The van der Waals surface area contributed by atoms with Crippen LogP contribution in [-0.4, -0.2) is 79.9 Å². The highest BCUT2D eigenvalue weighted by Crippen LogP contribution is 2.33. The lowest BCUT2D eigenvalue weighted by molar-refractivity contribution is -0.0907. The molecule has 0 spiro atoms. The SMILES string of the molecule is CC[C@H](C)CN(C[C@@H](O)[C@H](Cc1ccccc1)NC(=O)O[C@H]1CO[C@H]2OCC[C@H]21)S(=O)(=O)c1ccc(CO)cc1. The zero-order chi connectivity index (χ0) is 28.7. The van der Waals surface area contributed by atoms with Gasteiger partial charge in [-0.25, -0.2) is 13.2 Å². The first kappa shape index (κ1) is 30.4.